The van der Waals surface area contributed by atoms with Crippen molar-refractivity contribution in [2.24, 2.45) is 46.3 Å². The molecule has 0 saturated heterocycles. The Hall–Kier alpha value is -1.35. The van der Waals surface area contributed by atoms with E-state index < -0.39 is 0 Å². The Labute approximate surface area is 207 Å². The van der Waals surface area contributed by atoms with Crippen LogP contribution in [0.25, 0.3) is 0 Å². The molecule has 0 heterocycles. The van der Waals surface area contributed by atoms with Crippen LogP contribution in [0.5, 0.6) is 0 Å². The minimum absolute atomic E-state index is 0.0341. The molecule has 4 aliphatic rings. The fourth-order valence-corrected chi connectivity index (χ4v) is 9.70. The fourth-order valence-electron chi connectivity index (χ4n) is 9.70. The summed E-state index contributed by atoms with van der Waals surface area (Å²) in [6.07, 6.45) is 11.6. The maximum atomic E-state index is 12.7. The predicted molar refractivity (Wildman–Crippen MR) is 136 cm³/mol. The molecule has 0 amide bonds. The number of carbonyl (C=O) groups excluding carboxylic acids is 1. The molecule has 0 aromatic heterocycles. The number of aliphatic hydroxyl groups excluding tert-OH is 1. The van der Waals surface area contributed by atoms with Crippen molar-refractivity contribution in [2.75, 3.05) is 0 Å². The summed E-state index contributed by atoms with van der Waals surface area (Å²) in [6.45, 7) is 9.72. The van der Waals surface area contributed by atoms with Gasteiger partial charge in [-0.25, -0.2) is 4.79 Å². The van der Waals surface area contributed by atoms with Crippen LogP contribution in [0, 0.1) is 46.3 Å². The van der Waals surface area contributed by atoms with E-state index in [-0.39, 0.29) is 29.0 Å². The highest BCUT2D eigenvalue weighted by Gasteiger charge is 2.63. The molecule has 0 aliphatic heterocycles. The molecule has 34 heavy (non-hydrogen) atoms. The molecule has 4 aliphatic carbocycles. The maximum absolute atomic E-state index is 12.7. The number of rotatable bonds is 5. The first kappa shape index (κ1) is 24.3. The first-order chi connectivity index (χ1) is 16.3. The molecule has 1 aromatic rings. The van der Waals surface area contributed by atoms with E-state index in [0.29, 0.717) is 35.2 Å². The molecule has 0 spiro atoms. The third-order valence-corrected chi connectivity index (χ3v) is 11.5. The SMILES string of the molecule is CCC[C@@H](C)C1CC[C@H]2[C@@H]3CC[C@@H]4C[C@H](OC(=O)c5ccccc5)CC[C@]4(C)C3C[C@H](O)[C@]12C. The zero-order chi connectivity index (χ0) is 24.1. The number of fused-ring (bicyclic) bond motifs is 5. The van der Waals surface area contributed by atoms with E-state index >= 15 is 0 Å². The zero-order valence-corrected chi connectivity index (χ0v) is 21.8. The van der Waals surface area contributed by atoms with Crippen molar-refractivity contribution in [3.05, 3.63) is 35.9 Å². The number of hydrogen-bond donors (Lipinski definition) is 1. The van der Waals surface area contributed by atoms with Crippen LogP contribution in [0.1, 0.15) is 102 Å². The third-order valence-electron chi connectivity index (χ3n) is 11.5. The van der Waals surface area contributed by atoms with E-state index in [1.54, 1.807) is 0 Å². The Morgan fingerprint density at radius 2 is 1.82 bits per heavy atom. The molecule has 3 nitrogen and oxygen atoms in total. The number of hydrogen-bond acceptors (Lipinski definition) is 3. The minimum Gasteiger partial charge on any atom is -0.459 e. The molecule has 2 unspecified atom stereocenters. The zero-order valence-electron chi connectivity index (χ0n) is 21.8. The van der Waals surface area contributed by atoms with Crippen molar-refractivity contribution in [2.45, 2.75) is 104 Å². The van der Waals surface area contributed by atoms with Crippen LogP contribution in [0.2, 0.25) is 0 Å². The summed E-state index contributed by atoms with van der Waals surface area (Å²) in [5.41, 5.74) is 1.03. The molecule has 188 valence electrons. The maximum Gasteiger partial charge on any atom is 0.338 e. The van der Waals surface area contributed by atoms with Gasteiger partial charge < -0.3 is 9.84 Å². The predicted octanol–water partition coefficient (Wildman–Crippen LogP) is 7.28. The normalized spacial score (nSPS) is 44.4. The van der Waals surface area contributed by atoms with Gasteiger partial charge in [-0.3, -0.25) is 0 Å². The lowest BCUT2D eigenvalue weighted by Gasteiger charge is -2.62. The molecule has 0 bridgehead atoms. The summed E-state index contributed by atoms with van der Waals surface area (Å²) in [6, 6.07) is 9.42. The summed E-state index contributed by atoms with van der Waals surface area (Å²) in [4.78, 5) is 12.7. The van der Waals surface area contributed by atoms with Gasteiger partial charge in [0.25, 0.3) is 0 Å². The molecule has 3 heteroatoms. The van der Waals surface area contributed by atoms with Gasteiger partial charge in [0.15, 0.2) is 0 Å². The Bertz CT molecular complexity index is 867. The van der Waals surface area contributed by atoms with Crippen LogP contribution in [0.3, 0.4) is 0 Å². The highest BCUT2D eigenvalue weighted by molar-refractivity contribution is 5.89. The Balaban J connectivity index is 1.30. The largest absolute Gasteiger partial charge is 0.459 e. The van der Waals surface area contributed by atoms with Crippen molar-refractivity contribution in [3.8, 4) is 0 Å². The Morgan fingerprint density at radius 3 is 2.56 bits per heavy atom. The van der Waals surface area contributed by atoms with Crippen LogP contribution in [-0.2, 0) is 4.74 Å². The summed E-state index contributed by atoms with van der Waals surface area (Å²) in [5, 5.41) is 11.7. The van der Waals surface area contributed by atoms with Crippen LogP contribution < -0.4 is 0 Å². The summed E-state index contributed by atoms with van der Waals surface area (Å²) < 4.78 is 5.99. The van der Waals surface area contributed by atoms with Crippen LogP contribution in [0.4, 0.5) is 0 Å². The molecule has 0 radical (unpaired) electrons. The van der Waals surface area contributed by atoms with E-state index in [1.807, 2.05) is 30.3 Å². The van der Waals surface area contributed by atoms with Crippen LogP contribution in [-0.4, -0.2) is 23.3 Å². The number of ether oxygens (including phenoxy) is 1. The van der Waals surface area contributed by atoms with Gasteiger partial charge in [0.1, 0.15) is 6.10 Å². The van der Waals surface area contributed by atoms with Gasteiger partial charge in [-0.2, -0.15) is 0 Å². The highest BCUT2D eigenvalue weighted by atomic mass is 16.5. The minimum atomic E-state index is -0.176. The van der Waals surface area contributed by atoms with E-state index in [0.717, 1.165) is 31.6 Å². The summed E-state index contributed by atoms with van der Waals surface area (Å²) in [5.74, 6) is 3.87. The average Bonchev–Trinajstić information content (AvgIpc) is 3.19. The van der Waals surface area contributed by atoms with Crippen LogP contribution >= 0.6 is 0 Å². The Morgan fingerprint density at radius 1 is 1.06 bits per heavy atom. The average molecular weight is 467 g/mol. The molecule has 4 saturated carbocycles. The van der Waals surface area contributed by atoms with Gasteiger partial charge in [0, 0.05) is 0 Å². The van der Waals surface area contributed by atoms with Crippen molar-refractivity contribution in [3.63, 3.8) is 0 Å². The molecule has 1 aromatic carbocycles. The van der Waals surface area contributed by atoms with Gasteiger partial charge in [-0.15, -0.1) is 0 Å². The fraction of sp³-hybridized carbons (Fsp3) is 0.774. The van der Waals surface area contributed by atoms with Gasteiger partial charge >= 0.3 is 5.97 Å². The second-order valence-corrected chi connectivity index (χ2v) is 12.9. The van der Waals surface area contributed by atoms with Gasteiger partial charge in [0.2, 0.25) is 0 Å². The first-order valence-corrected chi connectivity index (χ1v) is 14.2. The topological polar surface area (TPSA) is 46.5 Å². The molecular formula is C31H46O3. The molecular weight excluding hydrogens is 420 g/mol. The number of aliphatic hydroxyl groups is 1. The molecule has 1 N–H and O–H groups in total. The van der Waals surface area contributed by atoms with E-state index in [1.165, 1.54) is 38.5 Å². The monoisotopic (exact) mass is 466 g/mol. The molecule has 10 atom stereocenters. The summed E-state index contributed by atoms with van der Waals surface area (Å²) >= 11 is 0. The van der Waals surface area contributed by atoms with E-state index in [9.17, 15) is 9.90 Å². The quantitative estimate of drug-likeness (QED) is 0.464. The van der Waals surface area contributed by atoms with E-state index in [4.69, 9.17) is 4.74 Å². The molecule has 4 fully saturated rings. The smallest absolute Gasteiger partial charge is 0.338 e. The van der Waals surface area contributed by atoms with Gasteiger partial charge in [0.05, 0.1) is 11.7 Å². The van der Waals surface area contributed by atoms with Crippen molar-refractivity contribution in [1.29, 1.82) is 0 Å². The molecule has 5 rings (SSSR count). The van der Waals surface area contributed by atoms with Crippen molar-refractivity contribution < 1.29 is 14.6 Å². The van der Waals surface area contributed by atoms with E-state index in [2.05, 4.69) is 27.7 Å². The van der Waals surface area contributed by atoms with Gasteiger partial charge in [-0.1, -0.05) is 58.7 Å². The Kier molecular flexibility index (Phi) is 6.63. The lowest BCUT2D eigenvalue weighted by atomic mass is 9.43. The second kappa shape index (κ2) is 9.26. The number of benzene rings is 1. The van der Waals surface area contributed by atoms with Crippen LogP contribution in [0.15, 0.2) is 30.3 Å². The lowest BCUT2D eigenvalue weighted by molar-refractivity contribution is -0.175. The second-order valence-electron chi connectivity index (χ2n) is 12.9. The van der Waals surface area contributed by atoms with Crippen molar-refractivity contribution in [1.82, 2.24) is 0 Å². The number of carbonyl (C=O) groups is 1. The number of esters is 1. The standard InChI is InChI=1S/C31H46O3/c1-5-9-20(2)25-14-15-26-24-13-12-22-18-23(34-29(33)21-10-7-6-8-11-21)16-17-30(22,3)27(24)19-28(32)31(25,26)4/h6-8,10-11,20,22-28,32H,5,9,12-19H2,1-4H3/t20-,22-,23-,24+,25?,26+,27?,28+,30+,31-/m1/s1. The highest BCUT2D eigenvalue weighted by Crippen LogP contribution is 2.68. The van der Waals surface area contributed by atoms with Gasteiger partial charge in [-0.05, 0) is 110 Å². The summed E-state index contributed by atoms with van der Waals surface area (Å²) in [7, 11) is 0. The van der Waals surface area contributed by atoms with Crippen molar-refractivity contribution >= 4 is 5.97 Å². The third kappa shape index (κ3) is 3.85. The lowest BCUT2D eigenvalue weighted by Crippen LogP contribution is -2.59. The first-order valence-electron chi connectivity index (χ1n) is 14.2.